The van der Waals surface area contributed by atoms with Crippen molar-refractivity contribution in [2.45, 2.75) is 86.5 Å². The Morgan fingerprint density at radius 1 is 0.837 bits per heavy atom. The molecule has 1 heteroatoms. The number of allylic oxidation sites excluding steroid dienone is 4. The topological polar surface area (TPSA) is 0 Å². The minimum atomic E-state index is 0.167. The number of hydrogen-bond acceptors (Lipinski definition) is 0. The van der Waals surface area contributed by atoms with Crippen molar-refractivity contribution in [3.8, 4) is 11.1 Å². The van der Waals surface area contributed by atoms with Crippen LogP contribution in [0.2, 0.25) is 0 Å². The van der Waals surface area contributed by atoms with Crippen LogP contribution in [0.5, 0.6) is 0 Å². The van der Waals surface area contributed by atoms with Crippen molar-refractivity contribution in [2.24, 2.45) is 11.8 Å². The molecule has 2 aliphatic carbocycles. The maximum absolute atomic E-state index is 3.67. The summed E-state index contributed by atoms with van der Waals surface area (Å²) in [4.78, 5) is 0. The number of hydrogen-bond donors (Lipinski definition) is 0. The van der Waals surface area contributed by atoms with E-state index in [1.165, 1.54) is 85.1 Å². The molecule has 0 fully saturated rings. The van der Waals surface area contributed by atoms with Crippen molar-refractivity contribution in [3.63, 3.8) is 0 Å². The molecule has 0 heterocycles. The van der Waals surface area contributed by atoms with Gasteiger partial charge in [-0.15, -0.1) is 11.1 Å². The number of benzene rings is 4. The van der Waals surface area contributed by atoms with Crippen LogP contribution in [0.25, 0.3) is 21.9 Å². The average molecular weight is 644 g/mol. The SMILES string of the molecule is CC(C)(C)c1[c-]c2c(cc1)-c1ccc(C(C)(C)C)cc1C2.CC1=[C-]C(C)C=C1C(C)C.[Zr+2]=[CH]c1cccc2ccccc12. The standard InChI is InChI=1S/C21H25.C11H8.C10H15.Zr/c1-20(2,3)16-7-9-18-14(12-16)11-15-13-17(21(4,5)6)8-10-19(15)18;1-9-5-4-7-10-6-2-3-8-11(9)10;1-7(2)10-6-8(3)5-9(10)4;/h7-10,12H,11H2,1-6H3;1-8H;6-8H,1-4H3;/q-1;;-1;+2. The van der Waals surface area contributed by atoms with E-state index in [0.29, 0.717) is 11.8 Å². The molecule has 0 aliphatic heterocycles. The first-order chi connectivity index (χ1) is 20.2. The molecule has 0 saturated carbocycles. The van der Waals surface area contributed by atoms with Gasteiger partial charge < -0.3 is 0 Å². The Balaban J connectivity index is 0.000000163. The molecule has 0 aromatic heterocycles. The molecule has 0 spiro atoms. The van der Waals surface area contributed by atoms with Crippen LogP contribution >= 0.6 is 0 Å². The van der Waals surface area contributed by atoms with Crippen molar-refractivity contribution in [1.82, 2.24) is 0 Å². The normalized spacial score (nSPS) is 15.5. The molecule has 0 nitrogen and oxygen atoms in total. The van der Waals surface area contributed by atoms with Crippen LogP contribution in [0.4, 0.5) is 0 Å². The summed E-state index contributed by atoms with van der Waals surface area (Å²) < 4.78 is 2.23. The Labute approximate surface area is 276 Å². The summed E-state index contributed by atoms with van der Waals surface area (Å²) in [6, 6.07) is 30.1. The van der Waals surface area contributed by atoms with E-state index in [-0.39, 0.29) is 10.8 Å². The molecule has 0 saturated heterocycles. The Bertz CT molecular complexity index is 1600. The summed E-state index contributed by atoms with van der Waals surface area (Å²) in [5, 5.41) is 2.69. The average Bonchev–Trinajstić information content (AvgIpc) is 3.50. The molecule has 0 bridgehead atoms. The molecule has 220 valence electrons. The number of rotatable bonds is 2. The predicted octanol–water partition coefficient (Wildman–Crippen LogP) is 11.2. The van der Waals surface area contributed by atoms with Crippen LogP contribution in [-0.2, 0) is 41.5 Å². The molecule has 0 radical (unpaired) electrons. The number of fused-ring (bicyclic) bond motifs is 4. The Hall–Kier alpha value is -2.63. The Kier molecular flexibility index (Phi) is 10.5. The zero-order chi connectivity index (χ0) is 31.5. The van der Waals surface area contributed by atoms with E-state index in [0.717, 1.165) is 6.42 Å². The second-order valence-corrected chi connectivity index (χ2v) is 15.1. The second-order valence-electron chi connectivity index (χ2n) is 14.4. The van der Waals surface area contributed by atoms with Gasteiger partial charge in [-0.25, -0.2) is 5.57 Å². The molecule has 1 atom stereocenters. The summed E-state index contributed by atoms with van der Waals surface area (Å²) in [5.41, 5.74) is 12.9. The van der Waals surface area contributed by atoms with Gasteiger partial charge in [-0.05, 0) is 28.4 Å². The van der Waals surface area contributed by atoms with Crippen LogP contribution in [0.15, 0.2) is 90.0 Å². The Morgan fingerprint density at radius 3 is 2.09 bits per heavy atom. The van der Waals surface area contributed by atoms with Crippen molar-refractivity contribution >= 4 is 14.5 Å². The zero-order valence-electron chi connectivity index (χ0n) is 27.9. The molecular weight excluding hydrogens is 596 g/mol. The monoisotopic (exact) mass is 642 g/mol. The summed E-state index contributed by atoms with van der Waals surface area (Å²) in [6.07, 6.45) is 6.70. The minimum absolute atomic E-state index is 0.167. The third-order valence-corrected chi connectivity index (χ3v) is 9.14. The molecule has 6 rings (SSSR count). The first-order valence-electron chi connectivity index (χ1n) is 15.7. The molecular formula is C42H48Zr. The molecule has 4 aromatic rings. The van der Waals surface area contributed by atoms with Crippen molar-refractivity contribution in [1.29, 1.82) is 0 Å². The maximum atomic E-state index is 3.67. The van der Waals surface area contributed by atoms with Gasteiger partial charge in [0.25, 0.3) is 0 Å². The van der Waals surface area contributed by atoms with Crippen LogP contribution in [-0.4, -0.2) is 3.71 Å². The summed E-state index contributed by atoms with van der Waals surface area (Å²) in [5.74, 6) is 1.20. The first kappa shape index (κ1) is 33.3. The van der Waals surface area contributed by atoms with Crippen LogP contribution in [0.3, 0.4) is 0 Å². The second kappa shape index (κ2) is 13.6. The first-order valence-corrected chi connectivity index (χ1v) is 17.1. The van der Waals surface area contributed by atoms with E-state index < -0.39 is 0 Å². The molecule has 1 unspecified atom stereocenters. The third kappa shape index (κ3) is 8.10. The van der Waals surface area contributed by atoms with E-state index in [4.69, 9.17) is 0 Å². The van der Waals surface area contributed by atoms with Gasteiger partial charge in [-0.2, -0.15) is 35.4 Å². The van der Waals surface area contributed by atoms with Gasteiger partial charge in [0.2, 0.25) is 0 Å². The zero-order valence-corrected chi connectivity index (χ0v) is 30.4. The van der Waals surface area contributed by atoms with Crippen molar-refractivity contribution in [2.75, 3.05) is 0 Å². The van der Waals surface area contributed by atoms with Gasteiger partial charge in [0, 0.05) is 0 Å². The van der Waals surface area contributed by atoms with Gasteiger partial charge in [0.05, 0.1) is 0 Å². The quantitative estimate of drug-likeness (QED) is 0.168. The predicted molar refractivity (Wildman–Crippen MR) is 185 cm³/mol. The fraction of sp³-hybridized carbons (Fsp3) is 0.357. The van der Waals surface area contributed by atoms with Crippen LogP contribution in [0, 0.1) is 24.0 Å². The third-order valence-electron chi connectivity index (χ3n) is 8.37. The van der Waals surface area contributed by atoms with Gasteiger partial charge >= 0.3 is 86.7 Å². The van der Waals surface area contributed by atoms with E-state index in [9.17, 15) is 0 Å². The Morgan fingerprint density at radius 2 is 1.51 bits per heavy atom. The van der Waals surface area contributed by atoms with Gasteiger partial charge in [-0.3, -0.25) is 6.08 Å². The molecule has 2 aliphatic rings. The van der Waals surface area contributed by atoms with E-state index in [2.05, 4.69) is 164 Å². The molecule has 0 amide bonds. The van der Waals surface area contributed by atoms with Crippen molar-refractivity contribution < 1.29 is 24.2 Å². The molecule has 4 aromatic carbocycles. The molecule has 43 heavy (non-hydrogen) atoms. The van der Waals surface area contributed by atoms with Gasteiger partial charge in [0.15, 0.2) is 0 Å². The van der Waals surface area contributed by atoms with Gasteiger partial charge in [0.1, 0.15) is 0 Å². The van der Waals surface area contributed by atoms with E-state index in [1.54, 1.807) is 0 Å². The van der Waals surface area contributed by atoms with Crippen LogP contribution in [0.1, 0.15) is 97.1 Å². The molecule has 0 N–H and O–H groups in total. The fourth-order valence-corrected chi connectivity index (χ4v) is 6.51. The summed E-state index contributed by atoms with van der Waals surface area (Å²) in [7, 11) is 0. The van der Waals surface area contributed by atoms with E-state index in [1.807, 2.05) is 0 Å². The van der Waals surface area contributed by atoms with Gasteiger partial charge in [-0.1, -0.05) is 105 Å². The summed E-state index contributed by atoms with van der Waals surface area (Å²) in [6.45, 7) is 22.4. The van der Waals surface area contributed by atoms with E-state index >= 15 is 0 Å². The fourth-order valence-electron chi connectivity index (χ4n) is 5.89. The van der Waals surface area contributed by atoms with Crippen molar-refractivity contribution in [3.05, 3.63) is 130 Å². The summed E-state index contributed by atoms with van der Waals surface area (Å²) >= 11 is 1.46. The van der Waals surface area contributed by atoms with Crippen LogP contribution < -0.4 is 0 Å².